The van der Waals surface area contributed by atoms with Gasteiger partial charge in [0, 0.05) is 10.6 Å². The minimum atomic E-state index is 0.252. The van der Waals surface area contributed by atoms with Crippen molar-refractivity contribution in [1.82, 2.24) is 0 Å². The van der Waals surface area contributed by atoms with Gasteiger partial charge < -0.3 is 5.11 Å². The summed E-state index contributed by atoms with van der Waals surface area (Å²) in [7, 11) is 0. The minimum Gasteiger partial charge on any atom is -0.508 e. The molecule has 0 saturated carbocycles. The summed E-state index contributed by atoms with van der Waals surface area (Å²) in [6.45, 7) is 0. The number of hydrogen-bond donors (Lipinski definition) is 1. The largest absolute Gasteiger partial charge is 0.508 e. The molecule has 0 aliphatic heterocycles. The van der Waals surface area contributed by atoms with Crippen molar-refractivity contribution in [2.75, 3.05) is 0 Å². The van der Waals surface area contributed by atoms with Gasteiger partial charge in [-0.3, -0.25) is 0 Å². The highest BCUT2D eigenvalue weighted by Gasteiger charge is 2.01. The maximum atomic E-state index is 9.32. The van der Waals surface area contributed by atoms with E-state index in [1.54, 1.807) is 18.2 Å². The minimum absolute atomic E-state index is 0.252. The van der Waals surface area contributed by atoms with Gasteiger partial charge in [0.25, 0.3) is 0 Å². The molecule has 0 unspecified atom stereocenters. The Morgan fingerprint density at radius 2 is 1.71 bits per heavy atom. The molecule has 0 aliphatic carbocycles. The molecule has 2 heteroatoms. The first-order valence-electron chi connectivity index (χ1n) is 4.31. The molecule has 2 rings (SSSR count). The molecule has 0 amide bonds. The zero-order valence-corrected chi connectivity index (χ0v) is 8.20. The van der Waals surface area contributed by atoms with Gasteiger partial charge in [-0.2, -0.15) is 0 Å². The lowest BCUT2D eigenvalue weighted by atomic mass is 10.1. The molecule has 0 radical (unpaired) electrons. The van der Waals surface area contributed by atoms with Crippen molar-refractivity contribution in [3.8, 4) is 16.9 Å². The highest BCUT2D eigenvalue weighted by atomic mass is 35.5. The molecule has 14 heavy (non-hydrogen) atoms. The number of halogens is 1. The van der Waals surface area contributed by atoms with Crippen molar-refractivity contribution in [1.29, 1.82) is 0 Å². The fourth-order valence-electron chi connectivity index (χ4n) is 1.37. The third-order valence-corrected chi connectivity index (χ3v) is 2.36. The van der Waals surface area contributed by atoms with Crippen LogP contribution in [-0.4, -0.2) is 5.11 Å². The first kappa shape index (κ1) is 9.10. The van der Waals surface area contributed by atoms with Crippen LogP contribution in [0.25, 0.3) is 11.1 Å². The molecule has 0 heterocycles. The van der Waals surface area contributed by atoms with Crippen molar-refractivity contribution < 1.29 is 5.11 Å². The molecule has 0 fully saturated rings. The van der Waals surface area contributed by atoms with E-state index in [1.807, 2.05) is 30.3 Å². The van der Waals surface area contributed by atoms with Gasteiger partial charge in [-0.25, -0.2) is 0 Å². The van der Waals surface area contributed by atoms with E-state index in [4.69, 9.17) is 11.6 Å². The molecular weight excluding hydrogens is 196 g/mol. The van der Waals surface area contributed by atoms with Crippen LogP contribution in [0.5, 0.6) is 5.75 Å². The molecule has 0 spiro atoms. The van der Waals surface area contributed by atoms with Crippen molar-refractivity contribution in [2.24, 2.45) is 0 Å². The number of aromatic hydroxyl groups is 1. The Morgan fingerprint density at radius 1 is 0.929 bits per heavy atom. The quantitative estimate of drug-likeness (QED) is 0.751. The predicted molar refractivity (Wildman–Crippen MR) is 58.6 cm³/mol. The van der Waals surface area contributed by atoms with Crippen molar-refractivity contribution in [2.45, 2.75) is 0 Å². The molecule has 0 bridgehead atoms. The normalized spacial score (nSPS) is 10.1. The molecule has 2 aromatic rings. The van der Waals surface area contributed by atoms with E-state index in [2.05, 4.69) is 0 Å². The van der Waals surface area contributed by atoms with E-state index in [0.29, 0.717) is 5.02 Å². The Morgan fingerprint density at radius 3 is 2.43 bits per heavy atom. The summed E-state index contributed by atoms with van der Waals surface area (Å²) in [4.78, 5) is 0. The van der Waals surface area contributed by atoms with E-state index in [-0.39, 0.29) is 5.75 Å². The summed E-state index contributed by atoms with van der Waals surface area (Å²) in [5.41, 5.74) is 1.86. The molecule has 0 aliphatic rings. The topological polar surface area (TPSA) is 20.2 Å². The predicted octanol–water partition coefficient (Wildman–Crippen LogP) is 3.71. The molecule has 1 N–H and O–H groups in total. The standard InChI is InChI=1S/C12H9ClO/c13-12-7-2-1-6-11(12)9-4-3-5-10(14)8-9/h1-8,14H. The first-order chi connectivity index (χ1) is 6.77. The highest BCUT2D eigenvalue weighted by Crippen LogP contribution is 2.29. The third-order valence-electron chi connectivity index (χ3n) is 2.03. The van der Waals surface area contributed by atoms with E-state index in [0.717, 1.165) is 11.1 Å². The van der Waals surface area contributed by atoms with Crippen LogP contribution in [0.4, 0.5) is 0 Å². The zero-order valence-electron chi connectivity index (χ0n) is 7.44. The van der Waals surface area contributed by atoms with Crippen molar-refractivity contribution in [3.63, 3.8) is 0 Å². The smallest absolute Gasteiger partial charge is 0.116 e. The first-order valence-corrected chi connectivity index (χ1v) is 4.69. The van der Waals surface area contributed by atoms with Gasteiger partial charge in [-0.05, 0) is 23.8 Å². The number of benzene rings is 2. The molecule has 70 valence electrons. The Labute approximate surface area is 87.6 Å². The average Bonchev–Trinajstić information content (AvgIpc) is 2.18. The number of phenols is 1. The monoisotopic (exact) mass is 204 g/mol. The van der Waals surface area contributed by atoms with Gasteiger partial charge in [-0.1, -0.05) is 41.9 Å². The van der Waals surface area contributed by atoms with E-state index >= 15 is 0 Å². The summed E-state index contributed by atoms with van der Waals surface area (Å²) in [5, 5.41) is 10.0. The van der Waals surface area contributed by atoms with Crippen LogP contribution in [-0.2, 0) is 0 Å². The molecule has 0 aromatic heterocycles. The van der Waals surface area contributed by atoms with Gasteiger partial charge in [0.1, 0.15) is 5.75 Å². The lowest BCUT2D eigenvalue weighted by Crippen LogP contribution is -1.78. The molecular formula is C12H9ClO. The van der Waals surface area contributed by atoms with Gasteiger partial charge >= 0.3 is 0 Å². The Balaban J connectivity index is 2.55. The molecule has 2 aromatic carbocycles. The Hall–Kier alpha value is -1.47. The Bertz CT molecular complexity index is 452. The maximum Gasteiger partial charge on any atom is 0.116 e. The summed E-state index contributed by atoms with van der Waals surface area (Å²) < 4.78 is 0. The van der Waals surface area contributed by atoms with Gasteiger partial charge in [-0.15, -0.1) is 0 Å². The summed E-state index contributed by atoms with van der Waals surface area (Å²) in [6.07, 6.45) is 0. The van der Waals surface area contributed by atoms with Crippen LogP contribution in [0.15, 0.2) is 48.5 Å². The highest BCUT2D eigenvalue weighted by molar-refractivity contribution is 6.33. The van der Waals surface area contributed by atoms with E-state index < -0.39 is 0 Å². The number of phenolic OH excluding ortho intramolecular Hbond substituents is 1. The summed E-state index contributed by atoms with van der Waals surface area (Å²) >= 11 is 6.03. The molecule has 0 atom stereocenters. The SMILES string of the molecule is Oc1cccc(-c2ccccc2Cl)c1. The fraction of sp³-hybridized carbons (Fsp3) is 0. The lowest BCUT2D eigenvalue weighted by molar-refractivity contribution is 0.475. The fourth-order valence-corrected chi connectivity index (χ4v) is 1.61. The van der Waals surface area contributed by atoms with Gasteiger partial charge in [0.15, 0.2) is 0 Å². The summed E-state index contributed by atoms with van der Waals surface area (Å²) in [5.74, 6) is 0.252. The van der Waals surface area contributed by atoms with Gasteiger partial charge in [0.2, 0.25) is 0 Å². The van der Waals surface area contributed by atoms with Crippen LogP contribution in [0, 0.1) is 0 Å². The van der Waals surface area contributed by atoms with E-state index in [9.17, 15) is 5.11 Å². The van der Waals surface area contributed by atoms with Gasteiger partial charge in [0.05, 0.1) is 0 Å². The second kappa shape index (κ2) is 3.72. The van der Waals surface area contributed by atoms with E-state index in [1.165, 1.54) is 0 Å². The molecule has 1 nitrogen and oxygen atoms in total. The number of rotatable bonds is 1. The second-order valence-electron chi connectivity index (χ2n) is 3.03. The van der Waals surface area contributed by atoms with Crippen LogP contribution >= 0.6 is 11.6 Å². The number of hydrogen-bond acceptors (Lipinski definition) is 1. The summed E-state index contributed by atoms with van der Waals surface area (Å²) in [6, 6.07) is 14.6. The van der Waals surface area contributed by atoms with Crippen LogP contribution in [0.1, 0.15) is 0 Å². The Kier molecular flexibility index (Phi) is 2.42. The molecule has 0 saturated heterocycles. The second-order valence-corrected chi connectivity index (χ2v) is 3.44. The van der Waals surface area contributed by atoms with Crippen LogP contribution in [0.2, 0.25) is 5.02 Å². The lowest BCUT2D eigenvalue weighted by Gasteiger charge is -2.03. The zero-order chi connectivity index (χ0) is 9.97. The third kappa shape index (κ3) is 1.73. The van der Waals surface area contributed by atoms with Crippen molar-refractivity contribution >= 4 is 11.6 Å². The maximum absolute atomic E-state index is 9.32. The average molecular weight is 205 g/mol. The van der Waals surface area contributed by atoms with Crippen LogP contribution in [0.3, 0.4) is 0 Å². The van der Waals surface area contributed by atoms with Crippen molar-refractivity contribution in [3.05, 3.63) is 53.6 Å². The van der Waals surface area contributed by atoms with Crippen LogP contribution < -0.4 is 0 Å².